The van der Waals surface area contributed by atoms with E-state index in [4.69, 9.17) is 9.72 Å². The molecule has 0 spiro atoms. The molecule has 1 aliphatic heterocycles. The van der Waals surface area contributed by atoms with Gasteiger partial charge >= 0.3 is 0 Å². The number of unbranched alkanes of at least 4 members (excludes halogenated alkanes) is 2. The van der Waals surface area contributed by atoms with E-state index >= 15 is 0 Å². The number of benzene rings is 3. The Bertz CT molecular complexity index is 1370. The third-order valence-electron chi connectivity index (χ3n) is 7.48. The number of rotatable bonds is 11. The molecule has 0 radical (unpaired) electrons. The van der Waals surface area contributed by atoms with Gasteiger partial charge in [0.2, 0.25) is 5.91 Å². The van der Waals surface area contributed by atoms with Crippen LogP contribution in [0, 0.1) is 13.8 Å². The van der Waals surface area contributed by atoms with Gasteiger partial charge in [0.05, 0.1) is 17.6 Å². The molecule has 198 valence electrons. The second-order valence-corrected chi connectivity index (χ2v) is 10.7. The smallest absolute Gasteiger partial charge is 0.227 e. The number of aromatic nitrogens is 2. The highest BCUT2D eigenvalue weighted by Crippen LogP contribution is 2.33. The van der Waals surface area contributed by atoms with Gasteiger partial charge in [-0.05, 0) is 92.6 Å². The Labute approximate surface area is 226 Å². The summed E-state index contributed by atoms with van der Waals surface area (Å²) in [4.78, 5) is 20.1. The Kier molecular flexibility index (Phi) is 8.11. The van der Waals surface area contributed by atoms with Crippen molar-refractivity contribution in [3.05, 3.63) is 89.2 Å². The molecular formula is C33H39N3O2. The summed E-state index contributed by atoms with van der Waals surface area (Å²) in [7, 11) is 0. The summed E-state index contributed by atoms with van der Waals surface area (Å²) in [6.07, 6.45) is 5.91. The third kappa shape index (κ3) is 5.93. The van der Waals surface area contributed by atoms with Crippen LogP contribution >= 0.6 is 0 Å². The summed E-state index contributed by atoms with van der Waals surface area (Å²) in [6, 6.07) is 23.2. The number of imidazole rings is 1. The van der Waals surface area contributed by atoms with Crippen molar-refractivity contribution in [1.29, 1.82) is 0 Å². The average molecular weight is 510 g/mol. The zero-order chi connectivity index (χ0) is 26.5. The number of hydrogen-bond donors (Lipinski definition) is 0. The van der Waals surface area contributed by atoms with Crippen LogP contribution in [0.5, 0.6) is 5.75 Å². The number of anilines is 1. The van der Waals surface area contributed by atoms with E-state index in [1.807, 2.05) is 11.0 Å². The fourth-order valence-electron chi connectivity index (χ4n) is 5.57. The molecule has 5 heteroatoms. The molecule has 3 aromatic carbocycles. The van der Waals surface area contributed by atoms with Gasteiger partial charge in [-0.3, -0.25) is 4.79 Å². The van der Waals surface area contributed by atoms with Crippen LogP contribution in [-0.4, -0.2) is 28.6 Å². The average Bonchev–Trinajstić information content (AvgIpc) is 3.47. The molecule has 0 aliphatic carbocycles. The highest BCUT2D eigenvalue weighted by molar-refractivity contribution is 5.96. The summed E-state index contributed by atoms with van der Waals surface area (Å²) in [5, 5.41) is 0. The minimum Gasteiger partial charge on any atom is -0.494 e. The highest BCUT2D eigenvalue weighted by Gasteiger charge is 2.34. The van der Waals surface area contributed by atoms with Crippen LogP contribution in [0.4, 0.5) is 5.69 Å². The lowest BCUT2D eigenvalue weighted by molar-refractivity contribution is -0.117. The van der Waals surface area contributed by atoms with Crippen LogP contribution in [0.2, 0.25) is 0 Å². The van der Waals surface area contributed by atoms with E-state index in [0.29, 0.717) is 19.6 Å². The first-order valence-electron chi connectivity index (χ1n) is 14.1. The summed E-state index contributed by atoms with van der Waals surface area (Å²) >= 11 is 0. The van der Waals surface area contributed by atoms with E-state index in [1.54, 1.807) is 0 Å². The Morgan fingerprint density at radius 1 is 0.947 bits per heavy atom. The maximum Gasteiger partial charge on any atom is 0.227 e. The second-order valence-electron chi connectivity index (χ2n) is 10.7. The Balaban J connectivity index is 1.26. The lowest BCUT2D eigenvalue weighted by atomic mass is 10.1. The molecule has 2 heterocycles. The molecule has 1 atom stereocenters. The number of aryl methyl sites for hydroxylation is 4. The summed E-state index contributed by atoms with van der Waals surface area (Å²) in [5.41, 5.74) is 6.92. The van der Waals surface area contributed by atoms with Crippen LogP contribution in [0.15, 0.2) is 66.7 Å². The number of carbonyl (C=O) groups excluding carboxylic acids is 1. The molecular weight excluding hydrogens is 470 g/mol. The highest BCUT2D eigenvalue weighted by atomic mass is 16.5. The number of nitrogens with zero attached hydrogens (tertiary/aromatic N) is 3. The Morgan fingerprint density at radius 2 is 1.71 bits per heavy atom. The van der Waals surface area contributed by atoms with Crippen molar-refractivity contribution in [2.75, 3.05) is 18.1 Å². The minimum atomic E-state index is 0.0844. The number of amides is 1. The lowest BCUT2D eigenvalue weighted by Crippen LogP contribution is -2.24. The molecule has 0 saturated carbocycles. The zero-order valence-electron chi connectivity index (χ0n) is 23.0. The Morgan fingerprint density at radius 3 is 2.47 bits per heavy atom. The number of hydrogen-bond acceptors (Lipinski definition) is 3. The van der Waals surface area contributed by atoms with E-state index in [0.717, 1.165) is 54.1 Å². The quantitative estimate of drug-likeness (QED) is 0.198. The second kappa shape index (κ2) is 11.8. The molecule has 0 N–H and O–H groups in total. The third-order valence-corrected chi connectivity index (χ3v) is 7.48. The lowest BCUT2D eigenvalue weighted by Gasteiger charge is -2.18. The predicted molar refractivity (Wildman–Crippen MR) is 155 cm³/mol. The van der Waals surface area contributed by atoms with Gasteiger partial charge in [0.25, 0.3) is 0 Å². The molecule has 1 amide bonds. The van der Waals surface area contributed by atoms with Crippen molar-refractivity contribution in [1.82, 2.24) is 9.55 Å². The monoisotopic (exact) mass is 509 g/mol. The molecule has 5 rings (SSSR count). The van der Waals surface area contributed by atoms with E-state index < -0.39 is 0 Å². The topological polar surface area (TPSA) is 47.4 Å². The zero-order valence-corrected chi connectivity index (χ0v) is 23.0. The maximum absolute atomic E-state index is 13.1. The van der Waals surface area contributed by atoms with Gasteiger partial charge in [-0.25, -0.2) is 4.98 Å². The van der Waals surface area contributed by atoms with Gasteiger partial charge < -0.3 is 14.2 Å². The van der Waals surface area contributed by atoms with Crippen molar-refractivity contribution in [2.45, 2.75) is 71.8 Å². The first-order valence-corrected chi connectivity index (χ1v) is 14.1. The van der Waals surface area contributed by atoms with Crippen molar-refractivity contribution in [3.8, 4) is 5.75 Å². The van der Waals surface area contributed by atoms with Gasteiger partial charge in [-0.2, -0.15) is 0 Å². The van der Waals surface area contributed by atoms with Crippen molar-refractivity contribution < 1.29 is 9.53 Å². The normalized spacial score (nSPS) is 15.5. The van der Waals surface area contributed by atoms with Gasteiger partial charge in [-0.15, -0.1) is 0 Å². The van der Waals surface area contributed by atoms with Gasteiger partial charge in [-0.1, -0.05) is 43.7 Å². The van der Waals surface area contributed by atoms with Crippen molar-refractivity contribution >= 4 is 22.6 Å². The first kappa shape index (κ1) is 26.0. The summed E-state index contributed by atoms with van der Waals surface area (Å²) in [6.45, 7) is 8.64. The molecule has 4 aromatic rings. The molecule has 38 heavy (non-hydrogen) atoms. The summed E-state index contributed by atoms with van der Waals surface area (Å²) < 4.78 is 8.37. The predicted octanol–water partition coefficient (Wildman–Crippen LogP) is 7.38. The van der Waals surface area contributed by atoms with Crippen LogP contribution in [0.1, 0.15) is 67.5 Å². The number of para-hydroxylation sites is 2. The van der Waals surface area contributed by atoms with Crippen LogP contribution in [-0.2, 0) is 17.8 Å². The molecule has 5 nitrogen and oxygen atoms in total. The number of carbonyl (C=O) groups is 1. The van der Waals surface area contributed by atoms with E-state index in [1.165, 1.54) is 29.5 Å². The Hall–Kier alpha value is -3.60. The standard InChI is InChI=1S/C33H39N3O2/c1-4-5-10-26-13-15-28(16-14-26)36-23-27(22-32(36)37)33-34-30-11-6-7-12-31(30)35(33)17-8-9-18-38-29-20-24(2)19-25(3)21-29/h6-7,11-16,19-21,27H,4-5,8-10,17-18,22-23H2,1-3H3. The largest absolute Gasteiger partial charge is 0.494 e. The van der Waals surface area contributed by atoms with Crippen LogP contribution in [0.25, 0.3) is 11.0 Å². The van der Waals surface area contributed by atoms with Gasteiger partial charge in [0.15, 0.2) is 0 Å². The fourth-order valence-corrected chi connectivity index (χ4v) is 5.57. The van der Waals surface area contributed by atoms with Gasteiger partial charge in [0, 0.05) is 31.1 Å². The van der Waals surface area contributed by atoms with E-state index in [2.05, 4.69) is 86.0 Å². The van der Waals surface area contributed by atoms with E-state index in [-0.39, 0.29) is 11.8 Å². The van der Waals surface area contributed by atoms with Crippen molar-refractivity contribution in [3.63, 3.8) is 0 Å². The molecule has 1 saturated heterocycles. The molecule has 1 aliphatic rings. The fraction of sp³-hybridized carbons (Fsp3) is 0.394. The van der Waals surface area contributed by atoms with Gasteiger partial charge in [0.1, 0.15) is 11.6 Å². The molecule has 0 bridgehead atoms. The molecule has 1 unspecified atom stereocenters. The van der Waals surface area contributed by atoms with Crippen LogP contribution in [0.3, 0.4) is 0 Å². The summed E-state index contributed by atoms with van der Waals surface area (Å²) in [5.74, 6) is 2.23. The molecule has 1 aromatic heterocycles. The van der Waals surface area contributed by atoms with E-state index in [9.17, 15) is 4.79 Å². The minimum absolute atomic E-state index is 0.0844. The number of fused-ring (bicyclic) bond motifs is 1. The maximum atomic E-state index is 13.1. The SMILES string of the molecule is CCCCc1ccc(N2CC(c3nc4ccccc4n3CCCCOc3cc(C)cc(C)c3)CC2=O)cc1. The number of ether oxygens (including phenoxy) is 1. The first-order chi connectivity index (χ1) is 18.5. The van der Waals surface area contributed by atoms with Crippen LogP contribution < -0.4 is 9.64 Å². The van der Waals surface area contributed by atoms with Crippen molar-refractivity contribution in [2.24, 2.45) is 0 Å². The molecule has 1 fully saturated rings.